The molecule has 0 spiro atoms. The van der Waals surface area contributed by atoms with Gasteiger partial charge in [0.15, 0.2) is 0 Å². The lowest BCUT2D eigenvalue weighted by atomic mass is 9.96. The fourth-order valence-corrected chi connectivity index (χ4v) is 6.59. The zero-order chi connectivity index (χ0) is 32.3. The van der Waals surface area contributed by atoms with Gasteiger partial charge < -0.3 is 26.4 Å². The predicted molar refractivity (Wildman–Crippen MR) is 168 cm³/mol. The normalized spacial score (nSPS) is 15.5. The molecule has 2 aliphatic rings. The second-order valence-electron chi connectivity index (χ2n) is 11.7. The molecule has 5 aromatic rings. The molecule has 46 heavy (non-hydrogen) atoms. The van der Waals surface area contributed by atoms with E-state index in [9.17, 15) is 29.1 Å². The van der Waals surface area contributed by atoms with Gasteiger partial charge in [0.05, 0.1) is 11.6 Å². The highest BCUT2D eigenvalue weighted by Gasteiger charge is 2.29. The summed E-state index contributed by atoms with van der Waals surface area (Å²) in [5.41, 5.74) is 10.7. The quantitative estimate of drug-likeness (QED) is 0.196. The minimum atomic E-state index is -0.986. The Labute approximate surface area is 261 Å². The Morgan fingerprint density at radius 1 is 1.04 bits per heavy atom. The molecule has 0 saturated heterocycles. The molecule has 232 valence electrons. The molecule has 1 atom stereocenters. The number of fused-ring (bicyclic) bond motifs is 3. The van der Waals surface area contributed by atoms with Crippen LogP contribution in [0.25, 0.3) is 5.78 Å². The number of aromatic carboxylic acids is 1. The molecule has 7 rings (SSSR count). The van der Waals surface area contributed by atoms with Gasteiger partial charge in [0.2, 0.25) is 5.78 Å². The summed E-state index contributed by atoms with van der Waals surface area (Å²) < 4.78 is 1.51. The van der Waals surface area contributed by atoms with Crippen LogP contribution in [0.15, 0.2) is 58.4 Å². The highest BCUT2D eigenvalue weighted by Crippen LogP contribution is 2.35. The summed E-state index contributed by atoms with van der Waals surface area (Å²) in [5.74, 6) is -1.70. The maximum absolute atomic E-state index is 13.6. The first-order valence-corrected chi connectivity index (χ1v) is 14.8. The van der Waals surface area contributed by atoms with Gasteiger partial charge in [0.1, 0.15) is 22.8 Å². The summed E-state index contributed by atoms with van der Waals surface area (Å²) in [4.78, 5) is 72.4. The average Bonchev–Trinajstić information content (AvgIpc) is 3.70. The van der Waals surface area contributed by atoms with E-state index >= 15 is 0 Å². The minimum Gasteiger partial charge on any atom is -0.478 e. The highest BCUT2D eigenvalue weighted by atomic mass is 16.4. The van der Waals surface area contributed by atoms with E-state index in [-0.39, 0.29) is 46.7 Å². The Balaban J connectivity index is 1.07. The molecule has 0 bridgehead atoms. The fraction of sp³-hybridized carbons (Fsp3) is 0.242. The summed E-state index contributed by atoms with van der Waals surface area (Å²) >= 11 is 0. The molecule has 3 heterocycles. The number of hydrogen-bond acceptors (Lipinski definition) is 9. The second kappa shape index (κ2) is 10.9. The summed E-state index contributed by atoms with van der Waals surface area (Å²) in [6.45, 7) is 2.97. The molecule has 13 nitrogen and oxygen atoms in total. The molecule has 0 unspecified atom stereocenters. The number of anilines is 2. The predicted octanol–water partition coefficient (Wildman–Crippen LogP) is 1.82. The molecule has 1 aliphatic heterocycles. The second-order valence-corrected chi connectivity index (χ2v) is 11.7. The van der Waals surface area contributed by atoms with Crippen molar-refractivity contribution in [3.8, 4) is 0 Å². The number of imidazole rings is 1. The summed E-state index contributed by atoms with van der Waals surface area (Å²) in [6.07, 6.45) is 5.04. The molecule has 0 fully saturated rings. The summed E-state index contributed by atoms with van der Waals surface area (Å²) in [6, 6.07) is 10.3. The molecule has 2 aromatic heterocycles. The monoisotopic (exact) mass is 619 g/mol. The van der Waals surface area contributed by atoms with Crippen LogP contribution in [-0.2, 0) is 25.9 Å². The van der Waals surface area contributed by atoms with Crippen molar-refractivity contribution in [2.75, 3.05) is 17.2 Å². The van der Waals surface area contributed by atoms with E-state index in [1.807, 2.05) is 23.1 Å². The van der Waals surface area contributed by atoms with E-state index < -0.39 is 28.6 Å². The number of nitrogens with one attached hydrogen (secondary N) is 2. The van der Waals surface area contributed by atoms with Gasteiger partial charge in [-0.1, -0.05) is 24.3 Å². The van der Waals surface area contributed by atoms with E-state index in [4.69, 9.17) is 5.73 Å². The van der Waals surface area contributed by atoms with Gasteiger partial charge in [-0.2, -0.15) is 0 Å². The molecule has 3 aromatic carbocycles. The zero-order valence-corrected chi connectivity index (χ0v) is 24.8. The average molecular weight is 620 g/mol. The van der Waals surface area contributed by atoms with Gasteiger partial charge >= 0.3 is 5.97 Å². The lowest BCUT2D eigenvalue weighted by Gasteiger charge is -2.32. The number of carbonyl (C=O) groups is 3. The van der Waals surface area contributed by atoms with Gasteiger partial charge in [-0.15, -0.1) is 0 Å². The number of nitrogen functional groups attached to an aromatic ring is 1. The van der Waals surface area contributed by atoms with Crippen LogP contribution in [0.5, 0.6) is 0 Å². The van der Waals surface area contributed by atoms with Crippen molar-refractivity contribution < 1.29 is 19.5 Å². The number of rotatable bonds is 7. The van der Waals surface area contributed by atoms with Gasteiger partial charge in [-0.05, 0) is 71.7 Å². The van der Waals surface area contributed by atoms with Crippen molar-refractivity contribution in [3.63, 3.8) is 0 Å². The first kappa shape index (κ1) is 28.9. The maximum Gasteiger partial charge on any atom is 0.335 e. The number of nitrogens with two attached hydrogens (primary N) is 1. The lowest BCUT2D eigenvalue weighted by molar-refractivity contribution is 0.0695. The Kier molecular flexibility index (Phi) is 6.88. The standard InChI is InChI=1S/C33H29N7O6/c1-16-20-6-7-23(22(20)5-4-21(16)32(45)46)37-31(44)25-13-24(38-33-35-9-11-40(25)33)30(43)36-14-17-2-3-18-8-10-39(15-19(18)12-17)27-26(34)28(41)29(27)42/h2-5,9,11-13,23H,6-8,10,14-15,34H2,1H3,(H,36,43)(H,37,44)(H,45,46)/t23-/m0/s1. The van der Waals surface area contributed by atoms with E-state index in [0.717, 1.165) is 27.8 Å². The number of aromatic nitrogens is 3. The van der Waals surface area contributed by atoms with Crippen LogP contribution in [0.1, 0.15) is 77.2 Å². The molecular formula is C33H29N7O6. The molecule has 2 amide bonds. The van der Waals surface area contributed by atoms with E-state index in [0.29, 0.717) is 37.9 Å². The third kappa shape index (κ3) is 4.76. The molecule has 1 aliphatic carbocycles. The van der Waals surface area contributed by atoms with Gasteiger partial charge in [0, 0.05) is 32.0 Å². The fourth-order valence-electron chi connectivity index (χ4n) is 6.59. The van der Waals surface area contributed by atoms with Crippen molar-refractivity contribution in [3.05, 3.63) is 120 Å². The number of nitrogens with zero attached hydrogens (tertiary/aromatic N) is 4. The number of benzene rings is 2. The third-order valence-corrected chi connectivity index (χ3v) is 9.04. The topological polar surface area (TPSA) is 189 Å². The van der Waals surface area contributed by atoms with Crippen molar-refractivity contribution in [2.24, 2.45) is 0 Å². The summed E-state index contributed by atoms with van der Waals surface area (Å²) in [5, 5.41) is 15.4. The molecule has 5 N–H and O–H groups in total. The van der Waals surface area contributed by atoms with Crippen molar-refractivity contribution >= 4 is 34.9 Å². The van der Waals surface area contributed by atoms with E-state index in [2.05, 4.69) is 20.6 Å². The molecule has 0 saturated carbocycles. The van der Waals surface area contributed by atoms with Gasteiger partial charge in [0.25, 0.3) is 22.7 Å². The van der Waals surface area contributed by atoms with Gasteiger partial charge in [-0.25, -0.2) is 14.8 Å². The van der Waals surface area contributed by atoms with Crippen LogP contribution < -0.4 is 32.1 Å². The Bertz CT molecular complexity index is 2180. The van der Waals surface area contributed by atoms with Gasteiger partial charge in [-0.3, -0.25) is 23.6 Å². The van der Waals surface area contributed by atoms with Crippen molar-refractivity contribution in [2.45, 2.75) is 45.3 Å². The number of carbonyl (C=O) groups excluding carboxylic acids is 2. The third-order valence-electron chi connectivity index (χ3n) is 9.04. The van der Waals surface area contributed by atoms with Crippen molar-refractivity contribution in [1.29, 1.82) is 0 Å². The smallest absolute Gasteiger partial charge is 0.335 e. The maximum atomic E-state index is 13.6. The van der Waals surface area contributed by atoms with E-state index in [1.165, 1.54) is 16.7 Å². The molecular weight excluding hydrogens is 590 g/mol. The molecule has 0 radical (unpaired) electrons. The number of carboxylic acid groups (broad SMARTS) is 1. The Hall–Kier alpha value is -5.85. The van der Waals surface area contributed by atoms with Crippen LogP contribution >= 0.6 is 0 Å². The highest BCUT2D eigenvalue weighted by molar-refractivity contribution is 5.98. The van der Waals surface area contributed by atoms with Crippen LogP contribution in [-0.4, -0.2) is 43.8 Å². The first-order valence-electron chi connectivity index (χ1n) is 14.8. The van der Waals surface area contributed by atoms with Crippen LogP contribution in [0, 0.1) is 6.92 Å². The Morgan fingerprint density at radius 2 is 1.87 bits per heavy atom. The zero-order valence-electron chi connectivity index (χ0n) is 24.8. The van der Waals surface area contributed by atoms with Crippen LogP contribution in [0.2, 0.25) is 0 Å². The molecule has 13 heteroatoms. The van der Waals surface area contributed by atoms with Crippen LogP contribution in [0.3, 0.4) is 0 Å². The summed E-state index contributed by atoms with van der Waals surface area (Å²) in [7, 11) is 0. The SMILES string of the molecule is Cc1c(C(=O)O)ccc2c1CC[C@@H]2NC(=O)c1cc(C(=O)NCc2ccc3c(c2)CN(c2c(N)c(=O)c2=O)CC3)nc2nccn12. The minimum absolute atomic E-state index is 0.00403. The number of carboxylic acids is 1. The largest absolute Gasteiger partial charge is 0.478 e. The Morgan fingerprint density at radius 3 is 2.65 bits per heavy atom. The lowest BCUT2D eigenvalue weighted by Crippen LogP contribution is -2.44. The number of amides is 2. The van der Waals surface area contributed by atoms with Crippen LogP contribution in [0.4, 0.5) is 11.4 Å². The van der Waals surface area contributed by atoms with E-state index in [1.54, 1.807) is 25.3 Å². The number of hydrogen-bond donors (Lipinski definition) is 4. The van der Waals surface area contributed by atoms with Crippen molar-refractivity contribution in [1.82, 2.24) is 25.0 Å². The first-order chi connectivity index (χ1) is 22.1.